The lowest BCUT2D eigenvalue weighted by Crippen LogP contribution is -2.45. The highest BCUT2D eigenvalue weighted by Crippen LogP contribution is 2.31. The molecule has 1 unspecified atom stereocenters. The van der Waals surface area contributed by atoms with E-state index in [9.17, 15) is 0 Å². The van der Waals surface area contributed by atoms with Gasteiger partial charge in [0.2, 0.25) is 0 Å². The summed E-state index contributed by atoms with van der Waals surface area (Å²) in [6.45, 7) is 5.93. The summed E-state index contributed by atoms with van der Waals surface area (Å²) in [5.74, 6) is 1.91. The van der Waals surface area contributed by atoms with Crippen molar-refractivity contribution in [2.75, 3.05) is 33.9 Å². The molecule has 0 aromatic heterocycles. The first-order chi connectivity index (χ1) is 11.7. The molecule has 128 valence electrons. The number of benzene rings is 2. The quantitative estimate of drug-likeness (QED) is 0.915. The molecule has 0 spiro atoms. The van der Waals surface area contributed by atoms with E-state index < -0.39 is 0 Å². The Morgan fingerprint density at radius 2 is 1.88 bits per heavy atom. The van der Waals surface area contributed by atoms with E-state index in [1.807, 2.05) is 12.1 Å². The van der Waals surface area contributed by atoms with Crippen LogP contribution < -0.4 is 14.8 Å². The SMILES string of the molecule is COc1cc(CN2CCNCC2c2ccccc2OC)ccc1C. The summed E-state index contributed by atoms with van der Waals surface area (Å²) >= 11 is 0. The summed E-state index contributed by atoms with van der Waals surface area (Å²) in [5, 5.41) is 3.51. The number of ether oxygens (including phenoxy) is 2. The fourth-order valence-corrected chi connectivity index (χ4v) is 3.38. The van der Waals surface area contributed by atoms with E-state index in [-0.39, 0.29) is 0 Å². The number of methoxy groups -OCH3 is 2. The van der Waals surface area contributed by atoms with Crippen LogP contribution >= 0.6 is 0 Å². The second kappa shape index (κ2) is 7.69. The zero-order valence-electron chi connectivity index (χ0n) is 14.7. The summed E-state index contributed by atoms with van der Waals surface area (Å²) in [6, 6.07) is 15.1. The van der Waals surface area contributed by atoms with Crippen molar-refractivity contribution in [1.82, 2.24) is 10.2 Å². The van der Waals surface area contributed by atoms with Crippen LogP contribution in [0.25, 0.3) is 0 Å². The molecular weight excluding hydrogens is 300 g/mol. The molecule has 0 saturated carbocycles. The summed E-state index contributed by atoms with van der Waals surface area (Å²) in [6.07, 6.45) is 0. The third kappa shape index (κ3) is 3.55. The minimum atomic E-state index is 0.308. The third-order valence-corrected chi connectivity index (χ3v) is 4.71. The molecule has 1 fully saturated rings. The van der Waals surface area contributed by atoms with Crippen LogP contribution in [0, 0.1) is 6.92 Å². The first-order valence-electron chi connectivity index (χ1n) is 8.44. The van der Waals surface area contributed by atoms with Crippen LogP contribution in [-0.4, -0.2) is 38.8 Å². The average Bonchev–Trinajstić information content (AvgIpc) is 2.63. The number of nitrogens with zero attached hydrogens (tertiary/aromatic N) is 1. The molecule has 1 aliphatic rings. The molecule has 24 heavy (non-hydrogen) atoms. The van der Waals surface area contributed by atoms with E-state index >= 15 is 0 Å². The van der Waals surface area contributed by atoms with E-state index in [2.05, 4.69) is 47.5 Å². The van der Waals surface area contributed by atoms with Crippen LogP contribution in [-0.2, 0) is 6.54 Å². The molecule has 1 heterocycles. The molecule has 2 aromatic rings. The van der Waals surface area contributed by atoms with Gasteiger partial charge >= 0.3 is 0 Å². The maximum absolute atomic E-state index is 5.57. The van der Waals surface area contributed by atoms with Crippen molar-refractivity contribution in [3.05, 3.63) is 59.2 Å². The Morgan fingerprint density at radius 3 is 2.67 bits per heavy atom. The molecule has 2 aromatic carbocycles. The number of para-hydroxylation sites is 1. The van der Waals surface area contributed by atoms with Crippen molar-refractivity contribution in [2.24, 2.45) is 0 Å². The average molecular weight is 326 g/mol. The van der Waals surface area contributed by atoms with Gasteiger partial charge in [-0.05, 0) is 30.2 Å². The Labute approximate surface area is 144 Å². The molecule has 1 aliphatic heterocycles. The lowest BCUT2D eigenvalue weighted by atomic mass is 10.0. The number of hydrogen-bond donors (Lipinski definition) is 1. The van der Waals surface area contributed by atoms with Gasteiger partial charge in [-0.3, -0.25) is 4.90 Å². The molecule has 0 bridgehead atoms. The van der Waals surface area contributed by atoms with Crippen molar-refractivity contribution in [3.63, 3.8) is 0 Å². The van der Waals surface area contributed by atoms with Gasteiger partial charge in [0.1, 0.15) is 11.5 Å². The molecule has 1 N–H and O–H groups in total. The van der Waals surface area contributed by atoms with Crippen molar-refractivity contribution in [2.45, 2.75) is 19.5 Å². The number of piperazine rings is 1. The predicted octanol–water partition coefficient (Wildman–Crippen LogP) is 3.16. The molecule has 0 amide bonds. The highest BCUT2D eigenvalue weighted by atomic mass is 16.5. The maximum atomic E-state index is 5.57. The van der Waals surface area contributed by atoms with Gasteiger partial charge in [0.25, 0.3) is 0 Å². The molecular formula is C20H26N2O2. The monoisotopic (exact) mass is 326 g/mol. The van der Waals surface area contributed by atoms with Gasteiger partial charge in [-0.25, -0.2) is 0 Å². The van der Waals surface area contributed by atoms with Gasteiger partial charge in [-0.2, -0.15) is 0 Å². The van der Waals surface area contributed by atoms with Crippen LogP contribution in [0.5, 0.6) is 11.5 Å². The van der Waals surface area contributed by atoms with E-state index in [0.717, 1.165) is 37.7 Å². The zero-order valence-corrected chi connectivity index (χ0v) is 14.7. The zero-order chi connectivity index (χ0) is 16.9. The summed E-state index contributed by atoms with van der Waals surface area (Å²) in [5.41, 5.74) is 3.69. The summed E-state index contributed by atoms with van der Waals surface area (Å²) in [7, 11) is 3.47. The van der Waals surface area contributed by atoms with E-state index in [1.54, 1.807) is 14.2 Å². The minimum Gasteiger partial charge on any atom is -0.496 e. The van der Waals surface area contributed by atoms with Gasteiger partial charge in [0.05, 0.1) is 20.3 Å². The summed E-state index contributed by atoms with van der Waals surface area (Å²) in [4.78, 5) is 2.51. The molecule has 0 radical (unpaired) electrons. The number of nitrogens with one attached hydrogen (secondary N) is 1. The largest absolute Gasteiger partial charge is 0.496 e. The Hall–Kier alpha value is -2.04. The smallest absolute Gasteiger partial charge is 0.123 e. The van der Waals surface area contributed by atoms with Crippen LogP contribution in [0.2, 0.25) is 0 Å². The summed E-state index contributed by atoms with van der Waals surface area (Å²) < 4.78 is 11.0. The lowest BCUT2D eigenvalue weighted by molar-refractivity contribution is 0.151. The van der Waals surface area contributed by atoms with Gasteiger partial charge in [-0.15, -0.1) is 0 Å². The lowest BCUT2D eigenvalue weighted by Gasteiger charge is -2.37. The van der Waals surface area contributed by atoms with Crippen molar-refractivity contribution in [1.29, 1.82) is 0 Å². The molecule has 1 atom stereocenters. The van der Waals surface area contributed by atoms with Crippen LogP contribution in [0.4, 0.5) is 0 Å². The number of aryl methyl sites for hydroxylation is 1. The van der Waals surface area contributed by atoms with E-state index in [1.165, 1.54) is 16.7 Å². The van der Waals surface area contributed by atoms with Gasteiger partial charge in [0.15, 0.2) is 0 Å². The normalized spacial score (nSPS) is 18.4. The van der Waals surface area contributed by atoms with Crippen molar-refractivity contribution < 1.29 is 9.47 Å². The van der Waals surface area contributed by atoms with Crippen LogP contribution in [0.3, 0.4) is 0 Å². The predicted molar refractivity (Wildman–Crippen MR) is 96.7 cm³/mol. The Kier molecular flexibility index (Phi) is 5.38. The van der Waals surface area contributed by atoms with Crippen LogP contribution in [0.15, 0.2) is 42.5 Å². The maximum Gasteiger partial charge on any atom is 0.123 e. The number of hydrogen-bond acceptors (Lipinski definition) is 4. The molecule has 4 heteroatoms. The Balaban J connectivity index is 1.85. The second-order valence-corrected chi connectivity index (χ2v) is 6.24. The molecule has 0 aliphatic carbocycles. The molecule has 4 nitrogen and oxygen atoms in total. The van der Waals surface area contributed by atoms with E-state index in [4.69, 9.17) is 9.47 Å². The van der Waals surface area contributed by atoms with Gasteiger partial charge in [0, 0.05) is 31.7 Å². The standard InChI is InChI=1S/C20H26N2O2/c1-15-8-9-16(12-20(15)24-3)14-22-11-10-21-13-18(22)17-6-4-5-7-19(17)23-2/h4-9,12,18,21H,10-11,13-14H2,1-3H3. The van der Waals surface area contributed by atoms with Crippen molar-refractivity contribution >= 4 is 0 Å². The van der Waals surface area contributed by atoms with Gasteiger partial charge in [-0.1, -0.05) is 30.3 Å². The highest BCUT2D eigenvalue weighted by molar-refractivity contribution is 5.38. The Morgan fingerprint density at radius 1 is 1.08 bits per heavy atom. The van der Waals surface area contributed by atoms with Crippen molar-refractivity contribution in [3.8, 4) is 11.5 Å². The highest BCUT2D eigenvalue weighted by Gasteiger charge is 2.26. The fraction of sp³-hybridized carbons (Fsp3) is 0.400. The fourth-order valence-electron chi connectivity index (χ4n) is 3.38. The Bertz CT molecular complexity index is 687. The minimum absolute atomic E-state index is 0.308. The molecule has 3 rings (SSSR count). The third-order valence-electron chi connectivity index (χ3n) is 4.71. The van der Waals surface area contributed by atoms with E-state index in [0.29, 0.717) is 6.04 Å². The molecule has 1 saturated heterocycles. The first kappa shape index (κ1) is 16.8. The van der Waals surface area contributed by atoms with Crippen LogP contribution in [0.1, 0.15) is 22.7 Å². The topological polar surface area (TPSA) is 33.7 Å². The first-order valence-corrected chi connectivity index (χ1v) is 8.44. The number of rotatable bonds is 5. The van der Waals surface area contributed by atoms with Gasteiger partial charge < -0.3 is 14.8 Å². The second-order valence-electron chi connectivity index (χ2n) is 6.24.